The van der Waals surface area contributed by atoms with E-state index in [9.17, 15) is 18.4 Å². The van der Waals surface area contributed by atoms with E-state index in [0.717, 1.165) is 0 Å². The van der Waals surface area contributed by atoms with Gasteiger partial charge >= 0.3 is 0 Å². The summed E-state index contributed by atoms with van der Waals surface area (Å²) in [6.45, 7) is 0. The molecule has 0 saturated carbocycles. The number of alkyl halides is 2. The summed E-state index contributed by atoms with van der Waals surface area (Å²) in [6, 6.07) is 5.31. The van der Waals surface area contributed by atoms with E-state index in [4.69, 9.17) is 11.6 Å². The van der Waals surface area contributed by atoms with E-state index in [1.165, 1.54) is 24.3 Å². The number of aldehydes is 1. The third kappa shape index (κ3) is 2.83. The smallest absolute Gasteiger partial charge is 0.200 e. The van der Waals surface area contributed by atoms with Gasteiger partial charge in [0.25, 0.3) is 0 Å². The summed E-state index contributed by atoms with van der Waals surface area (Å²) in [7, 11) is 0. The SMILES string of the molecule is O=CC(F)C(F)C(=O)c1ccc(Cl)cc1. The van der Waals surface area contributed by atoms with Crippen LogP contribution in [-0.4, -0.2) is 24.4 Å². The summed E-state index contributed by atoms with van der Waals surface area (Å²) in [6.07, 6.45) is -5.12. The Hall–Kier alpha value is -1.29. The number of rotatable bonds is 4. The zero-order chi connectivity index (χ0) is 11.4. The van der Waals surface area contributed by atoms with Crippen LogP contribution in [0, 0.1) is 0 Å². The number of halogens is 3. The molecule has 2 unspecified atom stereocenters. The van der Waals surface area contributed by atoms with Gasteiger partial charge < -0.3 is 0 Å². The first kappa shape index (κ1) is 11.8. The molecule has 0 spiro atoms. The van der Waals surface area contributed by atoms with Crippen LogP contribution in [0.25, 0.3) is 0 Å². The van der Waals surface area contributed by atoms with Crippen LogP contribution in [0.3, 0.4) is 0 Å². The molecule has 5 heteroatoms. The maximum atomic E-state index is 13.0. The molecule has 0 N–H and O–H groups in total. The maximum Gasteiger partial charge on any atom is 0.200 e. The minimum atomic E-state index is -2.45. The van der Waals surface area contributed by atoms with Crippen LogP contribution in [0.15, 0.2) is 24.3 Å². The van der Waals surface area contributed by atoms with Gasteiger partial charge in [0, 0.05) is 10.6 Å². The first-order chi connectivity index (χ1) is 7.06. The second-order valence-electron chi connectivity index (χ2n) is 2.85. The van der Waals surface area contributed by atoms with Gasteiger partial charge in [-0.05, 0) is 24.3 Å². The summed E-state index contributed by atoms with van der Waals surface area (Å²) in [4.78, 5) is 21.2. The Kier molecular flexibility index (Phi) is 3.91. The molecule has 0 amide bonds. The van der Waals surface area contributed by atoms with E-state index in [2.05, 4.69) is 0 Å². The molecule has 0 aliphatic heterocycles. The lowest BCUT2D eigenvalue weighted by atomic mass is 10.0. The highest BCUT2D eigenvalue weighted by Crippen LogP contribution is 2.14. The molecule has 2 nitrogen and oxygen atoms in total. The van der Waals surface area contributed by atoms with Crippen LogP contribution >= 0.6 is 11.6 Å². The quantitative estimate of drug-likeness (QED) is 0.590. The summed E-state index contributed by atoms with van der Waals surface area (Å²) in [5, 5.41) is 0.383. The lowest BCUT2D eigenvalue weighted by Crippen LogP contribution is -2.28. The van der Waals surface area contributed by atoms with Gasteiger partial charge in [0.05, 0.1) is 0 Å². The van der Waals surface area contributed by atoms with Crippen molar-refractivity contribution in [1.82, 2.24) is 0 Å². The average Bonchev–Trinajstić information content (AvgIpc) is 2.27. The lowest BCUT2D eigenvalue weighted by Gasteiger charge is -2.06. The fraction of sp³-hybridized carbons (Fsp3) is 0.200. The number of benzene rings is 1. The van der Waals surface area contributed by atoms with Gasteiger partial charge in [-0.25, -0.2) is 8.78 Å². The largest absolute Gasteiger partial charge is 0.300 e. The van der Waals surface area contributed by atoms with Crippen molar-refractivity contribution in [2.24, 2.45) is 0 Å². The standard InChI is InChI=1S/C10H7ClF2O2/c11-7-3-1-6(2-4-7)10(15)9(13)8(12)5-14/h1-5,8-9H. The zero-order valence-corrected chi connectivity index (χ0v) is 8.25. The molecule has 0 fully saturated rings. The molecule has 0 saturated heterocycles. The van der Waals surface area contributed by atoms with E-state index >= 15 is 0 Å². The molecule has 80 valence electrons. The van der Waals surface area contributed by atoms with Crippen LogP contribution in [0.2, 0.25) is 5.02 Å². The lowest BCUT2D eigenvalue weighted by molar-refractivity contribution is -0.113. The molecule has 1 rings (SSSR count). The summed E-state index contributed by atoms with van der Waals surface area (Å²) in [5.74, 6) is -1.06. The predicted molar refractivity (Wildman–Crippen MR) is 51.6 cm³/mol. The van der Waals surface area contributed by atoms with Gasteiger partial charge in [-0.2, -0.15) is 0 Å². The van der Waals surface area contributed by atoms with E-state index in [0.29, 0.717) is 5.02 Å². The van der Waals surface area contributed by atoms with Crippen molar-refractivity contribution < 1.29 is 18.4 Å². The maximum absolute atomic E-state index is 13.0. The van der Waals surface area contributed by atoms with Gasteiger partial charge in [0.15, 0.2) is 18.2 Å². The molecule has 0 bridgehead atoms. The molecule has 1 aromatic rings. The van der Waals surface area contributed by atoms with E-state index < -0.39 is 18.1 Å². The summed E-state index contributed by atoms with van der Waals surface area (Å²) in [5.41, 5.74) is -0.0172. The van der Waals surface area contributed by atoms with Gasteiger partial charge in [-0.3, -0.25) is 9.59 Å². The Morgan fingerprint density at radius 3 is 2.27 bits per heavy atom. The zero-order valence-electron chi connectivity index (χ0n) is 7.49. The third-order valence-electron chi connectivity index (χ3n) is 1.79. The van der Waals surface area contributed by atoms with Crippen molar-refractivity contribution in [3.63, 3.8) is 0 Å². The topological polar surface area (TPSA) is 34.1 Å². The highest BCUT2D eigenvalue weighted by atomic mass is 35.5. The van der Waals surface area contributed by atoms with Crippen LogP contribution in [0.5, 0.6) is 0 Å². The highest BCUT2D eigenvalue weighted by Gasteiger charge is 2.28. The Balaban J connectivity index is 2.85. The van der Waals surface area contributed by atoms with Crippen molar-refractivity contribution in [1.29, 1.82) is 0 Å². The number of Topliss-reactive ketones (excluding diaryl/α,β-unsaturated/α-hetero) is 1. The van der Waals surface area contributed by atoms with Gasteiger partial charge in [0.1, 0.15) is 0 Å². The summed E-state index contributed by atoms with van der Waals surface area (Å²) < 4.78 is 25.5. The molecule has 0 aromatic heterocycles. The third-order valence-corrected chi connectivity index (χ3v) is 2.04. The van der Waals surface area contributed by atoms with Gasteiger partial charge in [0.2, 0.25) is 6.17 Å². The molecule has 0 aliphatic carbocycles. The molecular formula is C10H7ClF2O2. The average molecular weight is 233 g/mol. The summed E-state index contributed by atoms with van der Waals surface area (Å²) >= 11 is 5.55. The Morgan fingerprint density at radius 2 is 1.80 bits per heavy atom. The first-order valence-corrected chi connectivity index (χ1v) is 4.47. The highest BCUT2D eigenvalue weighted by molar-refractivity contribution is 6.30. The second-order valence-corrected chi connectivity index (χ2v) is 3.29. The van der Waals surface area contributed by atoms with Crippen LogP contribution < -0.4 is 0 Å². The number of carbonyl (C=O) groups is 2. The van der Waals surface area contributed by atoms with Crippen molar-refractivity contribution in [3.05, 3.63) is 34.9 Å². The van der Waals surface area contributed by atoms with Gasteiger partial charge in [-0.15, -0.1) is 0 Å². The van der Waals surface area contributed by atoms with Crippen molar-refractivity contribution in [2.45, 2.75) is 12.3 Å². The van der Waals surface area contributed by atoms with Crippen LogP contribution in [0.4, 0.5) is 8.78 Å². The Bertz CT molecular complexity index is 364. The van der Waals surface area contributed by atoms with Crippen LogP contribution in [0.1, 0.15) is 10.4 Å². The van der Waals surface area contributed by atoms with Crippen LogP contribution in [-0.2, 0) is 4.79 Å². The molecule has 15 heavy (non-hydrogen) atoms. The second kappa shape index (κ2) is 4.98. The fourth-order valence-electron chi connectivity index (χ4n) is 0.987. The number of hydrogen-bond donors (Lipinski definition) is 0. The first-order valence-electron chi connectivity index (χ1n) is 4.09. The number of ketones is 1. The predicted octanol–water partition coefficient (Wildman–Crippen LogP) is 2.40. The molecular weight excluding hydrogens is 226 g/mol. The van der Waals surface area contributed by atoms with Crippen molar-refractivity contribution >= 4 is 23.7 Å². The molecule has 0 aliphatic rings. The molecule has 2 atom stereocenters. The van der Waals surface area contributed by atoms with Crippen molar-refractivity contribution in [3.8, 4) is 0 Å². The van der Waals surface area contributed by atoms with E-state index in [1.807, 2.05) is 0 Å². The molecule has 1 aromatic carbocycles. The van der Waals surface area contributed by atoms with E-state index in [-0.39, 0.29) is 11.8 Å². The number of hydrogen-bond acceptors (Lipinski definition) is 2. The molecule has 0 heterocycles. The van der Waals surface area contributed by atoms with E-state index in [1.54, 1.807) is 0 Å². The monoisotopic (exact) mass is 232 g/mol. The Morgan fingerprint density at radius 1 is 1.27 bits per heavy atom. The fourth-order valence-corrected chi connectivity index (χ4v) is 1.11. The normalized spacial score (nSPS) is 14.3. The number of carbonyl (C=O) groups excluding carboxylic acids is 2. The minimum Gasteiger partial charge on any atom is -0.300 e. The Labute approximate surface area is 89.8 Å². The van der Waals surface area contributed by atoms with Gasteiger partial charge in [-0.1, -0.05) is 11.6 Å². The molecule has 0 radical (unpaired) electrons. The van der Waals surface area contributed by atoms with Crippen molar-refractivity contribution in [2.75, 3.05) is 0 Å². The minimum absolute atomic E-state index is 0.0172.